The average Bonchev–Trinajstić information content (AvgIpc) is 2.42. The summed E-state index contributed by atoms with van der Waals surface area (Å²) in [4.78, 5) is 11.7. The fourth-order valence-electron chi connectivity index (χ4n) is 1.54. The van der Waals surface area contributed by atoms with E-state index in [1.165, 1.54) is 7.11 Å². The number of benzene rings is 1. The second-order valence-corrected chi connectivity index (χ2v) is 6.25. The van der Waals surface area contributed by atoms with Crippen molar-refractivity contribution in [1.29, 1.82) is 0 Å². The zero-order valence-electron chi connectivity index (χ0n) is 10.5. The van der Waals surface area contributed by atoms with Crippen LogP contribution in [0.25, 0.3) is 0 Å². The predicted molar refractivity (Wildman–Crippen MR) is 77.3 cm³/mol. The predicted octanol–water partition coefficient (Wildman–Crippen LogP) is 1.58. The first-order valence-electron chi connectivity index (χ1n) is 5.60. The Bertz CT molecular complexity index is 447. The summed E-state index contributed by atoms with van der Waals surface area (Å²) in [5, 5.41) is 21.2. The molecule has 1 aromatic rings. The van der Waals surface area contributed by atoms with Gasteiger partial charge in [-0.25, -0.2) is 0 Å². The molecule has 0 unspecified atom stereocenters. The molecule has 112 valence electrons. The van der Waals surface area contributed by atoms with Gasteiger partial charge in [-0.1, -0.05) is 46.9 Å². The third kappa shape index (κ3) is 4.68. The van der Waals surface area contributed by atoms with Gasteiger partial charge in [0.05, 0.1) is 19.8 Å². The molecule has 1 amide bonds. The van der Waals surface area contributed by atoms with Crippen molar-refractivity contribution < 1.29 is 19.7 Å². The van der Waals surface area contributed by atoms with Crippen molar-refractivity contribution in [3.05, 3.63) is 29.8 Å². The Morgan fingerprint density at radius 1 is 1.35 bits per heavy atom. The maximum absolute atomic E-state index is 11.7. The molecular formula is C12H14Cl3NO4. The van der Waals surface area contributed by atoms with Gasteiger partial charge < -0.3 is 20.3 Å². The number of nitrogens with one attached hydrogen (secondary N) is 1. The van der Waals surface area contributed by atoms with Crippen molar-refractivity contribution in [2.45, 2.75) is 15.9 Å². The van der Waals surface area contributed by atoms with Gasteiger partial charge in [-0.05, 0) is 17.7 Å². The number of aliphatic hydroxyl groups excluding tert-OH is 2. The average molecular weight is 343 g/mol. The van der Waals surface area contributed by atoms with Crippen molar-refractivity contribution in [3.8, 4) is 5.75 Å². The van der Waals surface area contributed by atoms with Crippen LogP contribution in [0.5, 0.6) is 5.75 Å². The van der Waals surface area contributed by atoms with E-state index in [0.717, 1.165) is 0 Å². The van der Waals surface area contributed by atoms with Crippen LogP contribution in [-0.2, 0) is 4.79 Å². The molecule has 0 radical (unpaired) electrons. The lowest BCUT2D eigenvalue weighted by Crippen LogP contribution is -2.43. The molecule has 0 bridgehead atoms. The fraction of sp³-hybridized carbons (Fsp3) is 0.417. The van der Waals surface area contributed by atoms with Gasteiger partial charge in [0.25, 0.3) is 9.70 Å². The molecule has 0 aromatic heterocycles. The summed E-state index contributed by atoms with van der Waals surface area (Å²) in [6.45, 7) is -0.559. The van der Waals surface area contributed by atoms with Crippen molar-refractivity contribution in [2.75, 3.05) is 13.7 Å². The van der Waals surface area contributed by atoms with Crippen LogP contribution >= 0.6 is 34.8 Å². The fourth-order valence-corrected chi connectivity index (χ4v) is 1.71. The number of rotatable bonds is 5. The van der Waals surface area contributed by atoms with Crippen molar-refractivity contribution >= 4 is 40.7 Å². The molecular weight excluding hydrogens is 328 g/mol. The monoisotopic (exact) mass is 341 g/mol. The largest absolute Gasteiger partial charge is 0.497 e. The highest BCUT2D eigenvalue weighted by atomic mass is 35.6. The van der Waals surface area contributed by atoms with E-state index < -0.39 is 28.5 Å². The summed E-state index contributed by atoms with van der Waals surface area (Å²) in [5.74, 6) is -0.283. The van der Waals surface area contributed by atoms with Crippen LogP contribution in [-0.4, -0.2) is 39.7 Å². The Morgan fingerprint density at radius 3 is 2.30 bits per heavy atom. The van der Waals surface area contributed by atoms with Crippen LogP contribution in [0.15, 0.2) is 24.3 Å². The first kappa shape index (κ1) is 17.3. The van der Waals surface area contributed by atoms with Crippen LogP contribution in [0.4, 0.5) is 0 Å². The van der Waals surface area contributed by atoms with E-state index in [9.17, 15) is 9.90 Å². The maximum Gasteiger partial charge on any atom is 0.272 e. The van der Waals surface area contributed by atoms with Gasteiger partial charge in [-0.15, -0.1) is 0 Å². The van der Waals surface area contributed by atoms with Crippen molar-refractivity contribution in [3.63, 3.8) is 0 Å². The zero-order valence-corrected chi connectivity index (χ0v) is 12.8. The molecule has 2 atom stereocenters. The summed E-state index contributed by atoms with van der Waals surface area (Å²) in [7, 11) is 1.51. The van der Waals surface area contributed by atoms with Crippen LogP contribution in [0.2, 0.25) is 0 Å². The minimum absolute atomic E-state index is 0.537. The summed E-state index contributed by atoms with van der Waals surface area (Å²) >= 11 is 16.4. The number of ether oxygens (including phenoxy) is 1. The van der Waals surface area contributed by atoms with Gasteiger partial charge in [0.1, 0.15) is 11.9 Å². The van der Waals surface area contributed by atoms with Crippen LogP contribution in [0, 0.1) is 0 Å². The van der Waals surface area contributed by atoms with E-state index in [-0.39, 0.29) is 0 Å². The molecule has 0 aliphatic heterocycles. The minimum atomic E-state index is -2.15. The first-order valence-corrected chi connectivity index (χ1v) is 6.73. The maximum atomic E-state index is 11.7. The summed E-state index contributed by atoms with van der Waals surface area (Å²) in [5.41, 5.74) is 0.537. The van der Waals surface area contributed by atoms with E-state index in [2.05, 4.69) is 5.32 Å². The van der Waals surface area contributed by atoms with Crippen LogP contribution in [0.1, 0.15) is 11.6 Å². The summed E-state index contributed by atoms with van der Waals surface area (Å²) in [6, 6.07) is 5.64. The highest BCUT2D eigenvalue weighted by molar-refractivity contribution is 6.76. The molecule has 0 aliphatic carbocycles. The second-order valence-electron chi connectivity index (χ2n) is 3.97. The Hall–Kier alpha value is -0.720. The lowest BCUT2D eigenvalue weighted by atomic mass is 10.0. The number of carbonyl (C=O) groups is 1. The van der Waals surface area contributed by atoms with Gasteiger partial charge in [0, 0.05) is 0 Å². The van der Waals surface area contributed by atoms with Gasteiger partial charge in [0.15, 0.2) is 0 Å². The first-order chi connectivity index (χ1) is 9.29. The van der Waals surface area contributed by atoms with E-state index in [1.54, 1.807) is 24.3 Å². The van der Waals surface area contributed by atoms with E-state index in [0.29, 0.717) is 11.3 Å². The molecule has 8 heteroatoms. The molecule has 3 N–H and O–H groups in total. The second kappa shape index (κ2) is 7.33. The molecule has 0 saturated heterocycles. The number of hydrogen-bond donors (Lipinski definition) is 3. The van der Waals surface area contributed by atoms with Crippen molar-refractivity contribution in [1.82, 2.24) is 5.32 Å². The molecule has 0 spiro atoms. The van der Waals surface area contributed by atoms with Gasteiger partial charge in [-0.2, -0.15) is 0 Å². The molecule has 20 heavy (non-hydrogen) atoms. The minimum Gasteiger partial charge on any atom is -0.497 e. The number of halogens is 3. The SMILES string of the molecule is COc1ccc([C@@H](NC(=O)C(Cl)(Cl)Cl)[C@@H](O)CO)cc1. The number of methoxy groups -OCH3 is 1. The normalized spacial score (nSPS) is 14.5. The van der Waals surface area contributed by atoms with Crippen molar-refractivity contribution in [2.24, 2.45) is 0 Å². The van der Waals surface area contributed by atoms with Crippen LogP contribution in [0.3, 0.4) is 0 Å². The van der Waals surface area contributed by atoms with E-state index in [4.69, 9.17) is 44.6 Å². The van der Waals surface area contributed by atoms with Crippen LogP contribution < -0.4 is 10.1 Å². The Labute approximate surface area is 131 Å². The van der Waals surface area contributed by atoms with Gasteiger partial charge >= 0.3 is 0 Å². The molecule has 1 rings (SSSR count). The Balaban J connectivity index is 2.97. The lowest BCUT2D eigenvalue weighted by Gasteiger charge is -2.25. The van der Waals surface area contributed by atoms with Gasteiger partial charge in [-0.3, -0.25) is 4.79 Å². The molecule has 0 heterocycles. The lowest BCUT2D eigenvalue weighted by molar-refractivity contribution is -0.122. The Morgan fingerprint density at radius 2 is 1.90 bits per heavy atom. The smallest absolute Gasteiger partial charge is 0.272 e. The highest BCUT2D eigenvalue weighted by Gasteiger charge is 2.34. The van der Waals surface area contributed by atoms with E-state index >= 15 is 0 Å². The zero-order chi connectivity index (χ0) is 15.3. The quantitative estimate of drug-likeness (QED) is 0.710. The number of alkyl halides is 3. The van der Waals surface area contributed by atoms with Gasteiger partial charge in [0.2, 0.25) is 0 Å². The third-order valence-electron chi connectivity index (χ3n) is 2.59. The topological polar surface area (TPSA) is 78.8 Å². The summed E-state index contributed by atoms with van der Waals surface area (Å²) < 4.78 is 2.86. The summed E-state index contributed by atoms with van der Waals surface area (Å²) in [6.07, 6.45) is -1.24. The molecule has 0 fully saturated rings. The number of hydrogen-bond acceptors (Lipinski definition) is 4. The molecule has 0 saturated carbocycles. The Kier molecular flexibility index (Phi) is 6.36. The third-order valence-corrected chi connectivity index (χ3v) is 3.11. The number of carbonyl (C=O) groups excluding carboxylic acids is 1. The number of amides is 1. The molecule has 5 nitrogen and oxygen atoms in total. The molecule has 1 aromatic carbocycles. The number of aliphatic hydroxyl groups is 2. The molecule has 0 aliphatic rings. The van der Waals surface area contributed by atoms with E-state index in [1.807, 2.05) is 0 Å². The highest BCUT2D eigenvalue weighted by Crippen LogP contribution is 2.28. The standard InChI is InChI=1S/C12H14Cl3NO4/c1-20-8-4-2-7(3-5-8)10(9(18)6-17)16-11(19)12(13,14)15/h2-5,9-10,17-18H,6H2,1H3,(H,16,19)/t9-,10+/m0/s1.